The first-order valence-corrected chi connectivity index (χ1v) is 18.2. The Labute approximate surface area is 295 Å². The highest BCUT2D eigenvalue weighted by atomic mass is 19.1. The number of anilines is 3. The van der Waals surface area contributed by atoms with Crippen LogP contribution in [-0.2, 0) is 15.0 Å². The maximum Gasteiger partial charge on any atom is 0.251 e. The van der Waals surface area contributed by atoms with E-state index in [1.807, 2.05) is 47.6 Å². The van der Waals surface area contributed by atoms with Crippen LogP contribution in [0.25, 0.3) is 22.3 Å². The number of aliphatic hydroxyl groups excluding tert-OH is 1. The maximum atomic E-state index is 14.8. The first-order chi connectivity index (χ1) is 24.5. The van der Waals surface area contributed by atoms with Crippen molar-refractivity contribution in [3.05, 3.63) is 60.2 Å². The van der Waals surface area contributed by atoms with Crippen molar-refractivity contribution in [3.8, 4) is 11.3 Å². The van der Waals surface area contributed by atoms with Crippen LogP contribution in [0.5, 0.6) is 0 Å². The predicted molar refractivity (Wildman–Crippen MR) is 190 cm³/mol. The molecule has 11 nitrogen and oxygen atoms in total. The molecule has 268 valence electrons. The van der Waals surface area contributed by atoms with Crippen molar-refractivity contribution in [1.82, 2.24) is 29.3 Å². The van der Waals surface area contributed by atoms with Gasteiger partial charge in [0.05, 0.1) is 28.6 Å². The number of halogens is 2. The van der Waals surface area contributed by atoms with Crippen LogP contribution in [0.3, 0.4) is 0 Å². The number of imidazole rings is 1. The van der Waals surface area contributed by atoms with E-state index in [2.05, 4.69) is 20.2 Å². The minimum Gasteiger partial charge on any atom is -0.384 e. The summed E-state index contributed by atoms with van der Waals surface area (Å²) in [5.74, 6) is -1.77. The molecule has 3 aromatic heterocycles. The summed E-state index contributed by atoms with van der Waals surface area (Å²) in [4.78, 5) is 46.6. The van der Waals surface area contributed by atoms with Crippen molar-refractivity contribution >= 4 is 40.0 Å². The number of hydrogen-bond acceptors (Lipinski definition) is 8. The molecule has 3 aliphatic heterocycles. The number of rotatable bonds is 7. The monoisotopic (exact) mass is 698 g/mol. The zero-order valence-corrected chi connectivity index (χ0v) is 29.3. The molecule has 1 atom stereocenters. The van der Waals surface area contributed by atoms with E-state index < -0.39 is 23.4 Å². The molecule has 8 rings (SSSR count). The van der Waals surface area contributed by atoms with Gasteiger partial charge in [-0.3, -0.25) is 9.59 Å². The van der Waals surface area contributed by atoms with Crippen molar-refractivity contribution in [2.75, 3.05) is 36.4 Å². The van der Waals surface area contributed by atoms with Gasteiger partial charge < -0.3 is 29.7 Å². The van der Waals surface area contributed by atoms with E-state index >= 15 is 0 Å². The average molecular weight is 699 g/mol. The molecule has 2 saturated heterocycles. The van der Waals surface area contributed by atoms with Crippen LogP contribution >= 0.6 is 0 Å². The number of amides is 2. The van der Waals surface area contributed by atoms with Crippen LogP contribution in [0.2, 0.25) is 0 Å². The molecule has 3 fully saturated rings. The fourth-order valence-electron chi connectivity index (χ4n) is 8.64. The Bertz CT molecular complexity index is 1990. The highest BCUT2D eigenvalue weighted by molar-refractivity contribution is 6.09. The van der Waals surface area contributed by atoms with Crippen LogP contribution < -0.4 is 10.2 Å². The van der Waals surface area contributed by atoms with E-state index in [0.717, 1.165) is 48.8 Å². The molecule has 4 aliphatic rings. The van der Waals surface area contributed by atoms with Crippen molar-refractivity contribution in [2.24, 2.45) is 0 Å². The predicted octanol–water partition coefficient (Wildman–Crippen LogP) is 5.70. The minimum absolute atomic E-state index is 0.0137. The summed E-state index contributed by atoms with van der Waals surface area (Å²) in [5.41, 5.74) is 3.74. The standard InChI is InChI=1S/C38H44F2N8O3/c1-22(2)47-21-41-30-20-29(43-35(33(30)47)42-28-9-10-32(39)44-34(28)40)24-7-8-27-31(17-24)48(26-18-25(19-26)45-13-5-4-6-14-45)37(51)38(27)11-15-46(16-12-38)36(50)23(3)49/h7-10,17,20-23,25-26,49H,4-6,11-16,18-19H2,1-3H3,(H,42,43)/t23-,25?,26?/m1/s1. The Hall–Kier alpha value is -4.49. The maximum absolute atomic E-state index is 14.8. The average Bonchev–Trinajstić information content (AvgIpc) is 3.64. The van der Waals surface area contributed by atoms with Crippen LogP contribution in [0.1, 0.15) is 77.3 Å². The van der Waals surface area contributed by atoms with Gasteiger partial charge in [-0.2, -0.15) is 13.8 Å². The quantitative estimate of drug-likeness (QED) is 0.236. The van der Waals surface area contributed by atoms with Gasteiger partial charge >= 0.3 is 0 Å². The number of pyridine rings is 2. The van der Waals surface area contributed by atoms with Crippen LogP contribution in [0, 0.1) is 11.9 Å². The fraction of sp³-hybridized carbons (Fsp3) is 0.500. The van der Waals surface area contributed by atoms with E-state index in [-0.39, 0.29) is 29.6 Å². The highest BCUT2D eigenvalue weighted by Crippen LogP contribution is 2.52. The molecule has 1 saturated carbocycles. The van der Waals surface area contributed by atoms with E-state index in [4.69, 9.17) is 4.98 Å². The van der Waals surface area contributed by atoms with Gasteiger partial charge in [-0.05, 0) is 102 Å². The Kier molecular flexibility index (Phi) is 8.53. The normalized spacial score (nSPS) is 22.5. The van der Waals surface area contributed by atoms with Gasteiger partial charge in [0.15, 0.2) is 5.82 Å². The van der Waals surface area contributed by atoms with Gasteiger partial charge in [-0.15, -0.1) is 0 Å². The molecule has 51 heavy (non-hydrogen) atoms. The summed E-state index contributed by atoms with van der Waals surface area (Å²) in [6.45, 7) is 8.52. The first-order valence-electron chi connectivity index (χ1n) is 18.2. The number of nitrogens with zero attached hydrogens (tertiary/aromatic N) is 7. The fourth-order valence-corrected chi connectivity index (χ4v) is 8.64. The smallest absolute Gasteiger partial charge is 0.251 e. The van der Waals surface area contributed by atoms with Gasteiger partial charge in [0.25, 0.3) is 5.91 Å². The Morgan fingerprint density at radius 1 is 0.961 bits per heavy atom. The van der Waals surface area contributed by atoms with Gasteiger partial charge in [0, 0.05) is 42.5 Å². The Morgan fingerprint density at radius 2 is 1.71 bits per heavy atom. The third kappa shape index (κ3) is 5.74. The van der Waals surface area contributed by atoms with E-state index in [1.165, 1.54) is 32.3 Å². The molecule has 0 unspecified atom stereocenters. The van der Waals surface area contributed by atoms with Gasteiger partial charge in [-0.25, -0.2) is 9.97 Å². The highest BCUT2D eigenvalue weighted by Gasteiger charge is 2.56. The summed E-state index contributed by atoms with van der Waals surface area (Å²) in [5, 5.41) is 13.0. The number of piperidine rings is 2. The summed E-state index contributed by atoms with van der Waals surface area (Å²) in [6, 6.07) is 10.9. The summed E-state index contributed by atoms with van der Waals surface area (Å²) in [7, 11) is 0. The molecule has 0 radical (unpaired) electrons. The van der Waals surface area contributed by atoms with Crippen LogP contribution in [-0.4, -0.2) is 90.6 Å². The minimum atomic E-state index is -1.08. The number of benzene rings is 1. The van der Waals surface area contributed by atoms with Gasteiger partial charge in [0.2, 0.25) is 17.8 Å². The third-order valence-electron chi connectivity index (χ3n) is 11.5. The van der Waals surface area contributed by atoms with Crippen molar-refractivity contribution in [3.63, 3.8) is 0 Å². The number of nitrogens with one attached hydrogen (secondary N) is 1. The lowest BCUT2D eigenvalue weighted by atomic mass is 9.73. The number of fused-ring (bicyclic) bond motifs is 3. The second-order valence-electron chi connectivity index (χ2n) is 14.9. The second-order valence-corrected chi connectivity index (χ2v) is 14.9. The first kappa shape index (κ1) is 33.6. The van der Waals surface area contributed by atoms with Gasteiger partial charge in [-0.1, -0.05) is 18.6 Å². The molecule has 2 amide bonds. The lowest BCUT2D eigenvalue weighted by Crippen LogP contribution is -2.58. The zero-order chi connectivity index (χ0) is 35.6. The van der Waals surface area contributed by atoms with Crippen LogP contribution in [0.15, 0.2) is 42.7 Å². The molecular formula is C38H44F2N8O3. The van der Waals surface area contributed by atoms with E-state index in [0.29, 0.717) is 54.5 Å². The SMILES string of the molecule is CC(C)n1cnc2cc(-c3ccc4c(c3)N(C3CC(N5CCCCC5)C3)C(=O)C43CCN(C(=O)[C@@H](C)O)CC3)nc(Nc3ccc(F)nc3F)c21. The number of carbonyl (C=O) groups excluding carboxylic acids is 2. The lowest BCUT2D eigenvalue weighted by molar-refractivity contribution is -0.142. The zero-order valence-electron chi connectivity index (χ0n) is 29.3. The van der Waals surface area contributed by atoms with Crippen molar-refractivity contribution in [2.45, 2.75) is 95.4 Å². The molecule has 1 aromatic carbocycles. The molecule has 0 bridgehead atoms. The number of aliphatic hydroxyl groups is 1. The van der Waals surface area contributed by atoms with Gasteiger partial charge in [0.1, 0.15) is 11.6 Å². The Balaban J connectivity index is 1.18. The molecule has 4 aromatic rings. The molecule has 6 heterocycles. The Morgan fingerprint density at radius 3 is 2.39 bits per heavy atom. The number of aromatic nitrogens is 4. The largest absolute Gasteiger partial charge is 0.384 e. The summed E-state index contributed by atoms with van der Waals surface area (Å²) < 4.78 is 30.4. The summed E-state index contributed by atoms with van der Waals surface area (Å²) in [6.07, 6.45) is 7.15. The topological polar surface area (TPSA) is 120 Å². The molecular weight excluding hydrogens is 654 g/mol. The van der Waals surface area contributed by atoms with Crippen molar-refractivity contribution in [1.29, 1.82) is 0 Å². The second kappa shape index (κ2) is 12.9. The van der Waals surface area contributed by atoms with Crippen LogP contribution in [0.4, 0.5) is 26.0 Å². The van der Waals surface area contributed by atoms with E-state index in [1.54, 1.807) is 11.2 Å². The molecule has 2 N–H and O–H groups in total. The molecule has 1 spiro atoms. The molecule has 1 aliphatic carbocycles. The lowest BCUT2D eigenvalue weighted by Gasteiger charge is -2.48. The summed E-state index contributed by atoms with van der Waals surface area (Å²) >= 11 is 0. The number of carbonyl (C=O) groups is 2. The van der Waals surface area contributed by atoms with E-state index in [9.17, 15) is 23.5 Å². The van der Waals surface area contributed by atoms with Crippen molar-refractivity contribution < 1.29 is 23.5 Å². The number of hydrogen-bond donors (Lipinski definition) is 2. The number of likely N-dealkylation sites (tertiary alicyclic amines) is 2. The molecule has 13 heteroatoms. The third-order valence-corrected chi connectivity index (χ3v) is 11.5.